The summed E-state index contributed by atoms with van der Waals surface area (Å²) in [4.78, 5) is 24.2. The second-order valence-corrected chi connectivity index (χ2v) is 5.86. The molecule has 2 amide bonds. The predicted octanol–water partition coefficient (Wildman–Crippen LogP) is 2.81. The summed E-state index contributed by atoms with van der Waals surface area (Å²) in [5, 5.41) is 2.71. The number of carbonyl (C=O) groups is 2. The molecule has 3 aromatic rings. The molecule has 112 valence electrons. The van der Waals surface area contributed by atoms with E-state index in [9.17, 15) is 9.59 Å². The Kier molecular flexibility index (Phi) is 3.93. The van der Waals surface area contributed by atoms with Crippen molar-refractivity contribution >= 4 is 34.1 Å². The molecular formula is C16H14N2O3S. The molecule has 2 heterocycles. The molecule has 0 aliphatic heterocycles. The minimum atomic E-state index is -0.323. The third-order valence-electron chi connectivity index (χ3n) is 3.22. The summed E-state index contributed by atoms with van der Waals surface area (Å²) in [5.41, 5.74) is 7.45. The van der Waals surface area contributed by atoms with Crippen molar-refractivity contribution in [2.24, 2.45) is 0 Å². The van der Waals surface area contributed by atoms with Gasteiger partial charge in [0.05, 0.1) is 17.6 Å². The first-order chi connectivity index (χ1) is 10.6. The normalized spacial score (nSPS) is 10.6. The zero-order chi connectivity index (χ0) is 15.5. The Morgan fingerprint density at radius 1 is 1.23 bits per heavy atom. The lowest BCUT2D eigenvalue weighted by molar-refractivity contribution is -0.121. The Balaban J connectivity index is 1.62. The number of thiophene rings is 1. The largest absolute Gasteiger partial charge is 0.464 e. The number of carbonyl (C=O) groups excluding carboxylic acids is 2. The number of fused-ring (bicyclic) bond motifs is 1. The van der Waals surface area contributed by atoms with Crippen molar-refractivity contribution in [1.82, 2.24) is 10.9 Å². The highest BCUT2D eigenvalue weighted by molar-refractivity contribution is 7.12. The van der Waals surface area contributed by atoms with Crippen LogP contribution in [0.3, 0.4) is 0 Å². The van der Waals surface area contributed by atoms with Crippen molar-refractivity contribution in [1.29, 1.82) is 0 Å². The third-order valence-corrected chi connectivity index (χ3v) is 4.09. The fourth-order valence-electron chi connectivity index (χ4n) is 2.14. The monoisotopic (exact) mass is 314 g/mol. The lowest BCUT2D eigenvalue weighted by Gasteiger charge is -2.05. The smallest absolute Gasteiger partial charge is 0.279 e. The van der Waals surface area contributed by atoms with Crippen LogP contribution in [0.2, 0.25) is 0 Å². The van der Waals surface area contributed by atoms with Gasteiger partial charge in [0, 0.05) is 10.9 Å². The predicted molar refractivity (Wildman–Crippen MR) is 84.6 cm³/mol. The quantitative estimate of drug-likeness (QED) is 0.730. The second kappa shape index (κ2) is 6.03. The highest BCUT2D eigenvalue weighted by Crippen LogP contribution is 2.22. The van der Waals surface area contributed by atoms with Gasteiger partial charge in [-0.05, 0) is 30.0 Å². The Bertz CT molecular complexity index is 821. The van der Waals surface area contributed by atoms with Gasteiger partial charge in [-0.25, -0.2) is 0 Å². The number of furan rings is 1. The Morgan fingerprint density at radius 3 is 2.86 bits per heavy atom. The summed E-state index contributed by atoms with van der Waals surface area (Å²) >= 11 is 1.31. The molecule has 0 atom stereocenters. The van der Waals surface area contributed by atoms with Crippen LogP contribution in [0.25, 0.3) is 11.0 Å². The molecule has 0 spiro atoms. The maximum atomic E-state index is 11.9. The van der Waals surface area contributed by atoms with Gasteiger partial charge in [-0.3, -0.25) is 20.4 Å². The van der Waals surface area contributed by atoms with Crippen molar-refractivity contribution < 1.29 is 14.0 Å². The molecule has 3 rings (SSSR count). The van der Waals surface area contributed by atoms with Crippen LogP contribution in [-0.2, 0) is 11.2 Å². The summed E-state index contributed by atoms with van der Waals surface area (Å²) in [6.45, 7) is 1.98. The van der Waals surface area contributed by atoms with E-state index in [4.69, 9.17) is 4.42 Å². The molecule has 0 saturated carbocycles. The zero-order valence-electron chi connectivity index (χ0n) is 11.9. The number of hydrazine groups is 1. The van der Waals surface area contributed by atoms with Gasteiger partial charge in [0.15, 0.2) is 0 Å². The van der Waals surface area contributed by atoms with E-state index in [1.165, 1.54) is 11.3 Å². The van der Waals surface area contributed by atoms with E-state index in [0.717, 1.165) is 22.1 Å². The van der Waals surface area contributed by atoms with Crippen molar-refractivity contribution in [3.05, 3.63) is 58.0 Å². The van der Waals surface area contributed by atoms with Crippen LogP contribution in [0.4, 0.5) is 0 Å². The van der Waals surface area contributed by atoms with Crippen LogP contribution in [0.5, 0.6) is 0 Å². The maximum Gasteiger partial charge on any atom is 0.279 e. The average Bonchev–Trinajstić information content (AvgIpc) is 3.15. The molecule has 0 aliphatic carbocycles. The fourth-order valence-corrected chi connectivity index (χ4v) is 2.76. The molecule has 0 aliphatic rings. The molecule has 6 heteroatoms. The Morgan fingerprint density at radius 2 is 2.09 bits per heavy atom. The van der Waals surface area contributed by atoms with E-state index in [0.29, 0.717) is 4.88 Å². The number of benzene rings is 1. The number of hydrogen-bond acceptors (Lipinski definition) is 4. The number of nitrogens with one attached hydrogen (secondary N) is 2. The SMILES string of the molecule is Cc1ccc2c(CC(=O)NNC(=O)c3cccs3)coc2c1. The number of aryl methyl sites for hydroxylation is 1. The molecule has 5 nitrogen and oxygen atoms in total. The minimum absolute atomic E-state index is 0.140. The highest BCUT2D eigenvalue weighted by Gasteiger charge is 2.12. The van der Waals surface area contributed by atoms with E-state index >= 15 is 0 Å². The summed E-state index contributed by atoms with van der Waals surface area (Å²) in [6.07, 6.45) is 1.71. The zero-order valence-corrected chi connectivity index (χ0v) is 12.7. The van der Waals surface area contributed by atoms with E-state index in [2.05, 4.69) is 10.9 Å². The van der Waals surface area contributed by atoms with Crippen molar-refractivity contribution in [2.75, 3.05) is 0 Å². The van der Waals surface area contributed by atoms with E-state index in [1.54, 1.807) is 23.8 Å². The topological polar surface area (TPSA) is 71.3 Å². The van der Waals surface area contributed by atoms with Gasteiger partial charge in [0.2, 0.25) is 5.91 Å². The summed E-state index contributed by atoms with van der Waals surface area (Å²) in [6, 6.07) is 9.30. The Labute approximate surface area is 130 Å². The Hall–Kier alpha value is -2.60. The van der Waals surface area contributed by atoms with Gasteiger partial charge in [-0.1, -0.05) is 18.2 Å². The molecule has 0 bridgehead atoms. The lowest BCUT2D eigenvalue weighted by atomic mass is 10.1. The first kappa shape index (κ1) is 14.3. The van der Waals surface area contributed by atoms with Crippen molar-refractivity contribution in [3.63, 3.8) is 0 Å². The van der Waals surface area contributed by atoms with E-state index in [-0.39, 0.29) is 18.2 Å². The number of rotatable bonds is 3. The first-order valence-corrected chi connectivity index (χ1v) is 7.61. The van der Waals surface area contributed by atoms with Crippen molar-refractivity contribution in [3.8, 4) is 0 Å². The molecule has 0 saturated heterocycles. The van der Waals surface area contributed by atoms with Gasteiger partial charge < -0.3 is 4.42 Å². The molecule has 22 heavy (non-hydrogen) atoms. The van der Waals surface area contributed by atoms with Gasteiger partial charge in [0.1, 0.15) is 5.58 Å². The fraction of sp³-hybridized carbons (Fsp3) is 0.125. The van der Waals surface area contributed by atoms with Crippen LogP contribution in [0.1, 0.15) is 20.8 Å². The van der Waals surface area contributed by atoms with Crippen LogP contribution >= 0.6 is 11.3 Å². The first-order valence-electron chi connectivity index (χ1n) is 6.73. The van der Waals surface area contributed by atoms with E-state index < -0.39 is 0 Å². The third kappa shape index (κ3) is 3.01. The van der Waals surface area contributed by atoms with Crippen LogP contribution < -0.4 is 10.9 Å². The van der Waals surface area contributed by atoms with Crippen LogP contribution in [0, 0.1) is 6.92 Å². The molecule has 2 aromatic heterocycles. The molecule has 0 fully saturated rings. The van der Waals surface area contributed by atoms with Crippen LogP contribution in [-0.4, -0.2) is 11.8 Å². The maximum absolute atomic E-state index is 11.9. The molecule has 1 aromatic carbocycles. The van der Waals surface area contributed by atoms with E-state index in [1.807, 2.05) is 25.1 Å². The van der Waals surface area contributed by atoms with Gasteiger partial charge in [-0.15, -0.1) is 11.3 Å². The van der Waals surface area contributed by atoms with Crippen LogP contribution in [0.15, 0.2) is 46.4 Å². The summed E-state index contributed by atoms with van der Waals surface area (Å²) < 4.78 is 5.45. The van der Waals surface area contributed by atoms with Gasteiger partial charge >= 0.3 is 0 Å². The average molecular weight is 314 g/mol. The lowest BCUT2D eigenvalue weighted by Crippen LogP contribution is -2.42. The summed E-state index contributed by atoms with van der Waals surface area (Å²) in [7, 11) is 0. The second-order valence-electron chi connectivity index (χ2n) is 4.92. The summed E-state index contributed by atoms with van der Waals surface area (Å²) in [5.74, 6) is -0.621. The minimum Gasteiger partial charge on any atom is -0.464 e. The van der Waals surface area contributed by atoms with Gasteiger partial charge in [0.25, 0.3) is 5.91 Å². The molecule has 0 radical (unpaired) electrons. The molecule has 2 N–H and O–H groups in total. The molecule has 0 unspecified atom stereocenters. The molecular weight excluding hydrogens is 300 g/mol. The number of amides is 2. The highest BCUT2D eigenvalue weighted by atomic mass is 32.1. The van der Waals surface area contributed by atoms with Gasteiger partial charge in [-0.2, -0.15) is 0 Å². The number of hydrogen-bond donors (Lipinski definition) is 2. The standard InChI is InChI=1S/C16H14N2O3S/c1-10-4-5-12-11(9-21-13(12)7-10)8-15(19)17-18-16(20)14-3-2-6-22-14/h2-7,9H,8H2,1H3,(H,17,19)(H,18,20). The van der Waals surface area contributed by atoms with Crippen molar-refractivity contribution in [2.45, 2.75) is 13.3 Å².